The van der Waals surface area contributed by atoms with Gasteiger partial charge in [-0.15, -0.1) is 10.2 Å². The summed E-state index contributed by atoms with van der Waals surface area (Å²) in [5.74, 6) is 1.62. The quantitative estimate of drug-likeness (QED) is 0.504. The van der Waals surface area contributed by atoms with Crippen molar-refractivity contribution in [3.63, 3.8) is 0 Å². The third kappa shape index (κ3) is 3.59. The van der Waals surface area contributed by atoms with E-state index in [0.29, 0.717) is 22.7 Å². The molecule has 0 fully saturated rings. The summed E-state index contributed by atoms with van der Waals surface area (Å²) in [6, 6.07) is 11.0. The summed E-state index contributed by atoms with van der Waals surface area (Å²) in [6.45, 7) is 3.96. The number of anilines is 1. The Morgan fingerprint density at radius 1 is 1.13 bits per heavy atom. The zero-order chi connectivity index (χ0) is 21.3. The van der Waals surface area contributed by atoms with Gasteiger partial charge in [0.05, 0.1) is 19.8 Å². The molecule has 0 saturated heterocycles. The summed E-state index contributed by atoms with van der Waals surface area (Å²) in [7, 11) is 3.09. The highest BCUT2D eigenvalue weighted by Crippen LogP contribution is 2.30. The molecule has 154 valence electrons. The second-order valence-corrected chi connectivity index (χ2v) is 7.58. The summed E-state index contributed by atoms with van der Waals surface area (Å²) in [5.41, 5.74) is 2.97. The number of amides is 1. The van der Waals surface area contributed by atoms with Gasteiger partial charge in [0.15, 0.2) is 5.82 Å². The molecule has 0 aliphatic carbocycles. The van der Waals surface area contributed by atoms with E-state index in [9.17, 15) is 4.79 Å². The molecule has 4 rings (SSSR count). The van der Waals surface area contributed by atoms with Crippen LogP contribution in [-0.4, -0.2) is 39.9 Å². The first-order valence-electron chi connectivity index (χ1n) is 9.39. The molecule has 4 aromatic rings. The summed E-state index contributed by atoms with van der Waals surface area (Å²) in [4.78, 5) is 13.7. The van der Waals surface area contributed by atoms with Crippen LogP contribution in [0.1, 0.15) is 28.7 Å². The van der Waals surface area contributed by atoms with Crippen molar-refractivity contribution in [2.75, 3.05) is 19.5 Å². The number of hydrogen-bond donors (Lipinski definition) is 1. The van der Waals surface area contributed by atoms with Crippen molar-refractivity contribution in [2.24, 2.45) is 0 Å². The molecule has 0 aliphatic rings. The zero-order valence-electron chi connectivity index (χ0n) is 17.1. The molecular formula is C21H21N5O3S. The Hall–Kier alpha value is -3.46. The highest BCUT2D eigenvalue weighted by atomic mass is 32.1. The number of rotatable bonds is 6. The fourth-order valence-corrected chi connectivity index (χ4v) is 3.91. The van der Waals surface area contributed by atoms with Gasteiger partial charge in [-0.05, 0) is 30.7 Å². The van der Waals surface area contributed by atoms with Gasteiger partial charge in [-0.3, -0.25) is 4.79 Å². The molecule has 0 spiro atoms. The predicted molar refractivity (Wildman–Crippen MR) is 116 cm³/mol. The van der Waals surface area contributed by atoms with Gasteiger partial charge in [0.2, 0.25) is 4.96 Å². The molecule has 1 N–H and O–H groups in total. The molecular weight excluding hydrogens is 402 g/mol. The van der Waals surface area contributed by atoms with Crippen molar-refractivity contribution in [1.29, 1.82) is 0 Å². The number of aromatic nitrogens is 4. The van der Waals surface area contributed by atoms with Crippen LogP contribution < -0.4 is 14.8 Å². The third-order valence-electron chi connectivity index (χ3n) is 4.76. The number of ether oxygens (including phenoxy) is 2. The lowest BCUT2D eigenvalue weighted by molar-refractivity contribution is 0.102. The van der Waals surface area contributed by atoms with E-state index in [4.69, 9.17) is 9.47 Å². The number of nitrogens with zero attached hydrogens (tertiary/aromatic N) is 4. The van der Waals surface area contributed by atoms with Gasteiger partial charge in [0, 0.05) is 23.7 Å². The SMILES string of the molecule is CCc1nnc2sc(-c3ccc(C)c(NC(=O)c4ccc(OC)cc4OC)c3)nn12. The fraction of sp³-hybridized carbons (Fsp3) is 0.238. The normalized spacial score (nSPS) is 10.9. The van der Waals surface area contributed by atoms with Crippen LogP contribution >= 0.6 is 11.3 Å². The number of methoxy groups -OCH3 is 2. The van der Waals surface area contributed by atoms with E-state index in [1.54, 1.807) is 29.8 Å². The minimum atomic E-state index is -0.263. The highest BCUT2D eigenvalue weighted by Gasteiger charge is 2.16. The maximum Gasteiger partial charge on any atom is 0.259 e. The number of nitrogens with one attached hydrogen (secondary N) is 1. The van der Waals surface area contributed by atoms with E-state index in [1.807, 2.05) is 32.0 Å². The van der Waals surface area contributed by atoms with Crippen molar-refractivity contribution in [3.8, 4) is 22.1 Å². The zero-order valence-corrected chi connectivity index (χ0v) is 17.9. The number of carbonyl (C=O) groups excluding carboxylic acids is 1. The molecule has 9 heteroatoms. The molecule has 0 saturated carbocycles. The van der Waals surface area contributed by atoms with Crippen LogP contribution in [0.4, 0.5) is 5.69 Å². The first-order valence-corrected chi connectivity index (χ1v) is 10.2. The molecule has 2 heterocycles. The Morgan fingerprint density at radius 2 is 1.97 bits per heavy atom. The minimum Gasteiger partial charge on any atom is -0.497 e. The Morgan fingerprint density at radius 3 is 2.70 bits per heavy atom. The number of hydrogen-bond acceptors (Lipinski definition) is 7. The van der Waals surface area contributed by atoms with E-state index in [-0.39, 0.29) is 5.91 Å². The Kier molecular flexibility index (Phi) is 5.37. The smallest absolute Gasteiger partial charge is 0.259 e. The van der Waals surface area contributed by atoms with Crippen molar-refractivity contribution in [1.82, 2.24) is 19.8 Å². The lowest BCUT2D eigenvalue weighted by Crippen LogP contribution is -2.14. The van der Waals surface area contributed by atoms with Gasteiger partial charge < -0.3 is 14.8 Å². The Balaban J connectivity index is 1.65. The van der Waals surface area contributed by atoms with Crippen molar-refractivity contribution < 1.29 is 14.3 Å². The fourth-order valence-electron chi connectivity index (χ4n) is 3.06. The van der Waals surface area contributed by atoms with Crippen LogP contribution in [0.15, 0.2) is 36.4 Å². The van der Waals surface area contributed by atoms with E-state index >= 15 is 0 Å². The van der Waals surface area contributed by atoms with Crippen molar-refractivity contribution in [3.05, 3.63) is 53.3 Å². The molecule has 1 amide bonds. The molecule has 30 heavy (non-hydrogen) atoms. The first-order chi connectivity index (χ1) is 14.5. The highest BCUT2D eigenvalue weighted by molar-refractivity contribution is 7.19. The molecule has 2 aromatic carbocycles. The Bertz CT molecular complexity index is 1230. The van der Waals surface area contributed by atoms with Crippen LogP contribution in [-0.2, 0) is 6.42 Å². The number of carbonyl (C=O) groups is 1. The maximum atomic E-state index is 12.9. The van der Waals surface area contributed by atoms with Gasteiger partial charge in [-0.2, -0.15) is 9.61 Å². The van der Waals surface area contributed by atoms with Crippen LogP contribution in [0, 0.1) is 6.92 Å². The number of fused-ring (bicyclic) bond motifs is 1. The summed E-state index contributed by atoms with van der Waals surface area (Å²) < 4.78 is 12.3. The summed E-state index contributed by atoms with van der Waals surface area (Å²) in [5, 5.41) is 16.7. The molecule has 2 aromatic heterocycles. The van der Waals surface area contributed by atoms with Crippen molar-refractivity contribution in [2.45, 2.75) is 20.3 Å². The lowest BCUT2D eigenvalue weighted by Gasteiger charge is -2.13. The van der Waals surface area contributed by atoms with E-state index in [0.717, 1.165) is 33.3 Å². The van der Waals surface area contributed by atoms with Crippen LogP contribution in [0.3, 0.4) is 0 Å². The second-order valence-electron chi connectivity index (χ2n) is 6.62. The average Bonchev–Trinajstić information content (AvgIpc) is 3.35. The van der Waals surface area contributed by atoms with Gasteiger partial charge in [0.25, 0.3) is 5.91 Å². The molecule has 0 unspecified atom stereocenters. The second kappa shape index (κ2) is 8.11. The maximum absolute atomic E-state index is 12.9. The van der Waals surface area contributed by atoms with E-state index in [1.165, 1.54) is 18.4 Å². The minimum absolute atomic E-state index is 0.263. The van der Waals surface area contributed by atoms with E-state index < -0.39 is 0 Å². The molecule has 0 aliphatic heterocycles. The van der Waals surface area contributed by atoms with Gasteiger partial charge in [-0.1, -0.05) is 30.4 Å². The monoisotopic (exact) mass is 423 g/mol. The van der Waals surface area contributed by atoms with Crippen molar-refractivity contribution >= 4 is 27.9 Å². The van der Waals surface area contributed by atoms with Gasteiger partial charge >= 0.3 is 0 Å². The van der Waals surface area contributed by atoms with Crippen LogP contribution in [0.5, 0.6) is 11.5 Å². The van der Waals surface area contributed by atoms with Crippen LogP contribution in [0.25, 0.3) is 15.5 Å². The number of benzene rings is 2. The summed E-state index contributed by atoms with van der Waals surface area (Å²) in [6.07, 6.45) is 0.753. The van der Waals surface area contributed by atoms with E-state index in [2.05, 4.69) is 20.6 Å². The topological polar surface area (TPSA) is 90.6 Å². The predicted octanol–water partition coefficient (Wildman–Crippen LogP) is 3.99. The first kappa shape index (κ1) is 19.8. The number of aryl methyl sites for hydroxylation is 2. The summed E-state index contributed by atoms with van der Waals surface area (Å²) >= 11 is 1.46. The molecule has 0 radical (unpaired) electrons. The average molecular weight is 423 g/mol. The molecule has 8 nitrogen and oxygen atoms in total. The standard InChI is InChI=1S/C21H21N5O3S/c1-5-18-23-24-21-26(18)25-20(30-21)13-7-6-12(2)16(10-13)22-19(27)15-9-8-14(28-3)11-17(15)29-4/h6-11H,5H2,1-4H3,(H,22,27). The molecule has 0 bridgehead atoms. The van der Waals surface area contributed by atoms with Crippen LogP contribution in [0.2, 0.25) is 0 Å². The van der Waals surface area contributed by atoms with Gasteiger partial charge in [0.1, 0.15) is 16.5 Å². The Labute approximate surface area is 177 Å². The largest absolute Gasteiger partial charge is 0.497 e. The molecule has 0 atom stereocenters. The lowest BCUT2D eigenvalue weighted by atomic mass is 10.1. The third-order valence-corrected chi connectivity index (χ3v) is 5.71. The van der Waals surface area contributed by atoms with Gasteiger partial charge in [-0.25, -0.2) is 0 Å².